The van der Waals surface area contributed by atoms with Crippen LogP contribution in [-0.4, -0.2) is 32.7 Å². The fourth-order valence-corrected chi connectivity index (χ4v) is 2.88. The molecule has 1 amide bonds. The summed E-state index contributed by atoms with van der Waals surface area (Å²) in [6, 6.07) is 2.09. The molecule has 0 unspecified atom stereocenters. The van der Waals surface area contributed by atoms with Gasteiger partial charge in [-0.2, -0.15) is 0 Å². The van der Waals surface area contributed by atoms with E-state index < -0.39 is 40.0 Å². The van der Waals surface area contributed by atoms with Gasteiger partial charge in [0.05, 0.1) is 11.8 Å². The standard InChI is InChI=1S/C12H11F2NO4S/c13-8-1-2-11(10(14)5-8)19-6-12(16)15-9-3-4-20(17,18)7-9/h1-5,9H,6-7H2,(H,15,16)/t9-/m1/s1. The molecule has 0 saturated heterocycles. The molecule has 0 fully saturated rings. The molecule has 0 aromatic heterocycles. The summed E-state index contributed by atoms with van der Waals surface area (Å²) in [6.07, 6.45) is 1.35. The van der Waals surface area contributed by atoms with E-state index in [2.05, 4.69) is 5.32 Å². The van der Waals surface area contributed by atoms with Crippen LogP contribution in [0.4, 0.5) is 8.78 Å². The average Bonchev–Trinajstić information content (AvgIpc) is 2.67. The molecule has 1 aromatic rings. The van der Waals surface area contributed by atoms with E-state index in [9.17, 15) is 22.0 Å². The number of amides is 1. The van der Waals surface area contributed by atoms with Gasteiger partial charge in [0.1, 0.15) is 5.82 Å². The van der Waals surface area contributed by atoms with E-state index in [1.54, 1.807) is 0 Å². The van der Waals surface area contributed by atoms with Crippen molar-refractivity contribution in [2.75, 3.05) is 12.4 Å². The monoisotopic (exact) mass is 303 g/mol. The Kier molecular flexibility index (Phi) is 4.03. The molecule has 0 saturated carbocycles. The third-order valence-electron chi connectivity index (χ3n) is 2.53. The Morgan fingerprint density at radius 2 is 2.15 bits per heavy atom. The summed E-state index contributed by atoms with van der Waals surface area (Å²) in [7, 11) is -3.26. The lowest BCUT2D eigenvalue weighted by Crippen LogP contribution is -2.38. The van der Waals surface area contributed by atoms with Crippen molar-refractivity contribution in [3.63, 3.8) is 0 Å². The number of carbonyl (C=O) groups excluding carboxylic acids is 1. The topological polar surface area (TPSA) is 72.5 Å². The Labute approximate surface area is 114 Å². The Bertz CT molecular complexity index is 657. The zero-order chi connectivity index (χ0) is 14.8. The summed E-state index contributed by atoms with van der Waals surface area (Å²) in [4.78, 5) is 11.5. The minimum absolute atomic E-state index is 0.205. The molecule has 5 nitrogen and oxygen atoms in total. The van der Waals surface area contributed by atoms with Crippen LogP contribution in [0.25, 0.3) is 0 Å². The Hall–Kier alpha value is -1.96. The summed E-state index contributed by atoms with van der Waals surface area (Å²) in [5.41, 5.74) is 0. The highest BCUT2D eigenvalue weighted by Gasteiger charge is 2.23. The zero-order valence-electron chi connectivity index (χ0n) is 10.2. The van der Waals surface area contributed by atoms with Crippen LogP contribution in [0.15, 0.2) is 29.7 Å². The first-order valence-electron chi connectivity index (χ1n) is 5.64. The van der Waals surface area contributed by atoms with Crippen molar-refractivity contribution in [1.82, 2.24) is 5.32 Å². The lowest BCUT2D eigenvalue weighted by Gasteiger charge is -2.11. The van der Waals surface area contributed by atoms with Crippen molar-refractivity contribution in [3.8, 4) is 5.75 Å². The first-order chi connectivity index (χ1) is 9.35. The van der Waals surface area contributed by atoms with E-state index in [-0.39, 0.29) is 11.5 Å². The Morgan fingerprint density at radius 3 is 2.75 bits per heavy atom. The van der Waals surface area contributed by atoms with Crippen LogP contribution in [0.5, 0.6) is 5.75 Å². The van der Waals surface area contributed by atoms with Gasteiger partial charge in [0.15, 0.2) is 28.0 Å². The molecule has 1 aromatic carbocycles. The van der Waals surface area contributed by atoms with Crippen molar-refractivity contribution in [2.24, 2.45) is 0 Å². The maximum Gasteiger partial charge on any atom is 0.258 e. The highest BCUT2D eigenvalue weighted by atomic mass is 32.2. The van der Waals surface area contributed by atoms with Crippen LogP contribution < -0.4 is 10.1 Å². The number of hydrogen-bond donors (Lipinski definition) is 1. The summed E-state index contributed by atoms with van der Waals surface area (Å²) in [5, 5.41) is 3.44. The summed E-state index contributed by atoms with van der Waals surface area (Å²) < 4.78 is 53.0. The van der Waals surface area contributed by atoms with Crippen LogP contribution in [0.1, 0.15) is 0 Å². The minimum atomic E-state index is -3.26. The molecule has 108 valence electrons. The van der Waals surface area contributed by atoms with Gasteiger partial charge in [0, 0.05) is 11.5 Å². The third kappa shape index (κ3) is 3.77. The van der Waals surface area contributed by atoms with Gasteiger partial charge in [0.2, 0.25) is 0 Å². The van der Waals surface area contributed by atoms with Crippen LogP contribution in [-0.2, 0) is 14.6 Å². The SMILES string of the molecule is O=C(COc1ccc(F)cc1F)N[C@@H]1C=CS(=O)(=O)C1. The number of hydrogen-bond acceptors (Lipinski definition) is 4. The summed E-state index contributed by atoms with van der Waals surface area (Å²) in [6.45, 7) is -0.493. The predicted molar refractivity (Wildman–Crippen MR) is 66.7 cm³/mol. The van der Waals surface area contributed by atoms with Crippen LogP contribution in [0, 0.1) is 11.6 Å². The molecule has 0 aliphatic carbocycles. The molecule has 1 atom stereocenters. The van der Waals surface area contributed by atoms with Crippen molar-refractivity contribution in [2.45, 2.75) is 6.04 Å². The molecule has 1 aliphatic rings. The average molecular weight is 303 g/mol. The fourth-order valence-electron chi connectivity index (χ4n) is 1.65. The molecule has 1 N–H and O–H groups in total. The van der Waals surface area contributed by atoms with Crippen molar-refractivity contribution in [3.05, 3.63) is 41.3 Å². The second-order valence-electron chi connectivity index (χ2n) is 4.20. The van der Waals surface area contributed by atoms with Crippen molar-refractivity contribution >= 4 is 15.7 Å². The second kappa shape index (κ2) is 5.58. The van der Waals surface area contributed by atoms with Gasteiger partial charge in [0.25, 0.3) is 5.91 Å². The first-order valence-corrected chi connectivity index (χ1v) is 7.35. The maximum absolute atomic E-state index is 13.2. The van der Waals surface area contributed by atoms with Gasteiger partial charge in [-0.05, 0) is 18.2 Å². The van der Waals surface area contributed by atoms with Gasteiger partial charge in [-0.15, -0.1) is 0 Å². The summed E-state index contributed by atoms with van der Waals surface area (Å²) in [5.74, 6) is -2.72. The van der Waals surface area contributed by atoms with E-state index in [4.69, 9.17) is 4.74 Å². The number of halogens is 2. The molecule has 20 heavy (non-hydrogen) atoms. The van der Waals surface area contributed by atoms with Gasteiger partial charge in [-0.3, -0.25) is 4.79 Å². The number of rotatable bonds is 4. The predicted octanol–water partition coefficient (Wildman–Crippen LogP) is 0.770. The molecular formula is C12H11F2NO4S. The molecule has 0 bridgehead atoms. The number of ether oxygens (including phenoxy) is 1. The minimum Gasteiger partial charge on any atom is -0.481 e. The third-order valence-corrected chi connectivity index (χ3v) is 3.92. The van der Waals surface area contributed by atoms with Gasteiger partial charge in [-0.25, -0.2) is 17.2 Å². The Morgan fingerprint density at radius 1 is 1.40 bits per heavy atom. The van der Waals surface area contributed by atoms with Crippen molar-refractivity contribution in [1.29, 1.82) is 0 Å². The first kappa shape index (κ1) is 14.4. The van der Waals surface area contributed by atoms with Crippen LogP contribution in [0.2, 0.25) is 0 Å². The Balaban J connectivity index is 1.85. The van der Waals surface area contributed by atoms with E-state index in [1.807, 2.05) is 0 Å². The molecule has 0 radical (unpaired) electrons. The molecule has 0 spiro atoms. The zero-order valence-corrected chi connectivity index (χ0v) is 11.0. The lowest BCUT2D eigenvalue weighted by atomic mass is 10.3. The normalized spacial score (nSPS) is 19.8. The highest BCUT2D eigenvalue weighted by Crippen LogP contribution is 2.17. The largest absolute Gasteiger partial charge is 0.481 e. The van der Waals surface area contributed by atoms with E-state index >= 15 is 0 Å². The van der Waals surface area contributed by atoms with E-state index in [0.717, 1.165) is 17.5 Å². The second-order valence-corrected chi connectivity index (χ2v) is 6.13. The fraction of sp³-hybridized carbons (Fsp3) is 0.250. The van der Waals surface area contributed by atoms with Crippen LogP contribution in [0.3, 0.4) is 0 Å². The number of benzene rings is 1. The number of sulfone groups is 1. The molecular weight excluding hydrogens is 292 g/mol. The maximum atomic E-state index is 13.2. The van der Waals surface area contributed by atoms with E-state index in [1.165, 1.54) is 6.08 Å². The number of carbonyl (C=O) groups is 1. The van der Waals surface area contributed by atoms with Gasteiger partial charge >= 0.3 is 0 Å². The quantitative estimate of drug-likeness (QED) is 0.892. The van der Waals surface area contributed by atoms with Crippen LogP contribution >= 0.6 is 0 Å². The smallest absolute Gasteiger partial charge is 0.258 e. The molecule has 1 aliphatic heterocycles. The van der Waals surface area contributed by atoms with E-state index in [0.29, 0.717) is 6.07 Å². The summed E-state index contributed by atoms with van der Waals surface area (Å²) >= 11 is 0. The van der Waals surface area contributed by atoms with Crippen molar-refractivity contribution < 1.29 is 26.7 Å². The number of nitrogens with one attached hydrogen (secondary N) is 1. The van der Waals surface area contributed by atoms with Gasteiger partial charge in [-0.1, -0.05) is 0 Å². The highest BCUT2D eigenvalue weighted by molar-refractivity contribution is 7.94. The molecule has 1 heterocycles. The lowest BCUT2D eigenvalue weighted by molar-refractivity contribution is -0.123. The molecule has 8 heteroatoms. The molecule has 2 rings (SSSR count). The van der Waals surface area contributed by atoms with Gasteiger partial charge < -0.3 is 10.1 Å².